The number of carbonyl (C=O) groups excluding carboxylic acids is 2. The second-order valence-electron chi connectivity index (χ2n) is 5.99. The number of hydrogen-bond donors (Lipinski definition) is 1. The van der Waals surface area contributed by atoms with Crippen LogP contribution in [0.15, 0.2) is 0 Å². The minimum Gasteiger partial charge on any atom is -0.374 e. The first kappa shape index (κ1) is 16.6. The van der Waals surface area contributed by atoms with Crippen molar-refractivity contribution >= 4 is 22.9 Å². The van der Waals surface area contributed by atoms with Crippen molar-refractivity contribution in [3.8, 4) is 0 Å². The van der Waals surface area contributed by atoms with Gasteiger partial charge in [-0.25, -0.2) is 0 Å². The molecule has 0 aliphatic carbocycles. The average molecular weight is 315 g/mol. The summed E-state index contributed by atoms with van der Waals surface area (Å²) in [4.78, 5) is 27.3. The second-order valence-corrected chi connectivity index (χ2v) is 7.03. The van der Waals surface area contributed by atoms with Crippen molar-refractivity contribution in [3.63, 3.8) is 0 Å². The van der Waals surface area contributed by atoms with Crippen molar-refractivity contribution in [2.24, 2.45) is 5.92 Å². The van der Waals surface area contributed by atoms with Crippen LogP contribution in [0.25, 0.3) is 0 Å². The molecular weight excluding hydrogens is 290 g/mol. The number of carbonyl (C=O) groups is 2. The van der Waals surface area contributed by atoms with E-state index in [9.17, 15) is 9.59 Å². The summed E-state index contributed by atoms with van der Waals surface area (Å²) in [6, 6.07) is 0. The van der Waals surface area contributed by atoms with Crippen LogP contribution in [0.1, 0.15) is 13.8 Å². The summed E-state index contributed by atoms with van der Waals surface area (Å²) in [6.45, 7) is 9.35. The Morgan fingerprint density at radius 1 is 1.48 bits per heavy atom. The molecule has 0 aromatic heterocycles. The normalized spacial score (nSPS) is 23.9. The van der Waals surface area contributed by atoms with Crippen molar-refractivity contribution in [2.45, 2.75) is 20.0 Å². The predicted octanol–water partition coefficient (Wildman–Crippen LogP) is 0.628. The molecule has 7 heteroatoms. The van der Waals surface area contributed by atoms with Gasteiger partial charge in [0.05, 0.1) is 12.7 Å². The van der Waals surface area contributed by atoms with Gasteiger partial charge in [-0.2, -0.15) is 0 Å². The van der Waals surface area contributed by atoms with E-state index in [0.29, 0.717) is 25.6 Å². The van der Waals surface area contributed by atoms with E-state index in [4.69, 9.17) is 4.74 Å². The van der Waals surface area contributed by atoms with Crippen LogP contribution < -0.4 is 5.32 Å². The number of hydrogen-bond acceptors (Lipinski definition) is 5. The summed E-state index contributed by atoms with van der Waals surface area (Å²) < 4.78 is 5.69. The van der Waals surface area contributed by atoms with Crippen LogP contribution in [-0.4, -0.2) is 78.7 Å². The topological polar surface area (TPSA) is 61.9 Å². The SMILES string of the molecule is CC(C)CN1CCOC(CNC(=O)CN2CCSC2=O)C1. The van der Waals surface area contributed by atoms with Crippen LogP contribution in [0.4, 0.5) is 4.79 Å². The van der Waals surface area contributed by atoms with E-state index in [-0.39, 0.29) is 23.8 Å². The number of nitrogens with zero attached hydrogens (tertiary/aromatic N) is 2. The lowest BCUT2D eigenvalue weighted by atomic mass is 10.2. The van der Waals surface area contributed by atoms with Crippen molar-refractivity contribution < 1.29 is 14.3 Å². The lowest BCUT2D eigenvalue weighted by molar-refractivity contribution is -0.122. The Morgan fingerprint density at radius 3 is 2.95 bits per heavy atom. The molecule has 0 radical (unpaired) electrons. The molecule has 0 aromatic rings. The molecule has 2 rings (SSSR count). The Labute approximate surface area is 130 Å². The van der Waals surface area contributed by atoms with E-state index in [1.807, 2.05) is 0 Å². The summed E-state index contributed by atoms with van der Waals surface area (Å²) in [6.07, 6.45) is 0.0464. The van der Waals surface area contributed by atoms with Gasteiger partial charge in [-0.15, -0.1) is 0 Å². The molecule has 2 saturated heterocycles. The van der Waals surface area contributed by atoms with Gasteiger partial charge in [0.25, 0.3) is 5.24 Å². The molecule has 21 heavy (non-hydrogen) atoms. The largest absolute Gasteiger partial charge is 0.374 e. The van der Waals surface area contributed by atoms with Crippen molar-refractivity contribution in [2.75, 3.05) is 51.6 Å². The summed E-state index contributed by atoms with van der Waals surface area (Å²) >= 11 is 1.28. The van der Waals surface area contributed by atoms with Crippen molar-refractivity contribution in [1.82, 2.24) is 15.1 Å². The number of thioether (sulfide) groups is 1. The smallest absolute Gasteiger partial charge is 0.282 e. The number of nitrogens with one attached hydrogen (secondary N) is 1. The molecule has 2 fully saturated rings. The van der Waals surface area contributed by atoms with Gasteiger partial charge in [0, 0.05) is 38.5 Å². The van der Waals surface area contributed by atoms with E-state index < -0.39 is 0 Å². The lowest BCUT2D eigenvalue weighted by Crippen LogP contribution is -2.49. The van der Waals surface area contributed by atoms with E-state index in [2.05, 4.69) is 24.1 Å². The minimum atomic E-state index is -0.101. The summed E-state index contributed by atoms with van der Waals surface area (Å²) in [7, 11) is 0. The highest BCUT2D eigenvalue weighted by molar-refractivity contribution is 8.13. The summed E-state index contributed by atoms with van der Waals surface area (Å²) in [5.74, 6) is 1.31. The third kappa shape index (κ3) is 5.48. The highest BCUT2D eigenvalue weighted by Gasteiger charge is 2.25. The quantitative estimate of drug-likeness (QED) is 0.779. The Hall–Kier alpha value is -0.790. The van der Waals surface area contributed by atoms with Crippen LogP contribution in [0, 0.1) is 5.92 Å². The summed E-state index contributed by atoms with van der Waals surface area (Å²) in [5, 5.41) is 2.88. The van der Waals surface area contributed by atoms with Crippen LogP contribution in [-0.2, 0) is 9.53 Å². The molecular formula is C14H25N3O3S. The highest BCUT2D eigenvalue weighted by Crippen LogP contribution is 2.16. The van der Waals surface area contributed by atoms with Gasteiger partial charge in [0.2, 0.25) is 5.91 Å². The maximum Gasteiger partial charge on any atom is 0.282 e. The molecule has 0 spiro atoms. The van der Waals surface area contributed by atoms with E-state index in [0.717, 1.165) is 25.4 Å². The second kappa shape index (κ2) is 8.00. The molecule has 0 bridgehead atoms. The fourth-order valence-corrected chi connectivity index (χ4v) is 3.44. The molecule has 1 atom stereocenters. The van der Waals surface area contributed by atoms with Gasteiger partial charge in [0.15, 0.2) is 0 Å². The molecule has 2 aliphatic rings. The van der Waals surface area contributed by atoms with Crippen LogP contribution in [0.5, 0.6) is 0 Å². The Balaban J connectivity index is 1.67. The predicted molar refractivity (Wildman–Crippen MR) is 83.5 cm³/mol. The molecule has 0 aromatic carbocycles. The first-order valence-electron chi connectivity index (χ1n) is 7.57. The third-order valence-corrected chi connectivity index (χ3v) is 4.44. The van der Waals surface area contributed by atoms with Crippen LogP contribution in [0.3, 0.4) is 0 Å². The van der Waals surface area contributed by atoms with Crippen molar-refractivity contribution in [3.05, 3.63) is 0 Å². The van der Waals surface area contributed by atoms with Crippen molar-refractivity contribution in [1.29, 1.82) is 0 Å². The zero-order valence-corrected chi connectivity index (χ0v) is 13.7. The molecule has 1 unspecified atom stereocenters. The number of amides is 2. The van der Waals surface area contributed by atoms with Gasteiger partial charge in [-0.3, -0.25) is 14.5 Å². The van der Waals surface area contributed by atoms with Crippen LogP contribution in [0.2, 0.25) is 0 Å². The average Bonchev–Trinajstić information content (AvgIpc) is 2.82. The molecule has 6 nitrogen and oxygen atoms in total. The van der Waals surface area contributed by atoms with E-state index in [1.54, 1.807) is 4.90 Å². The van der Waals surface area contributed by atoms with E-state index >= 15 is 0 Å². The third-order valence-electron chi connectivity index (χ3n) is 3.55. The van der Waals surface area contributed by atoms with Gasteiger partial charge in [-0.05, 0) is 5.92 Å². The first-order chi connectivity index (χ1) is 10.0. The summed E-state index contributed by atoms with van der Waals surface area (Å²) in [5.41, 5.74) is 0. The lowest BCUT2D eigenvalue weighted by Gasteiger charge is -2.34. The number of ether oxygens (including phenoxy) is 1. The standard InChI is InChI=1S/C14H25N3O3S/c1-11(2)8-16-3-5-20-12(9-16)7-15-13(18)10-17-4-6-21-14(17)19/h11-12H,3-10H2,1-2H3,(H,15,18). The van der Waals surface area contributed by atoms with Gasteiger partial charge in [-0.1, -0.05) is 25.6 Å². The number of rotatable bonds is 6. The van der Waals surface area contributed by atoms with E-state index in [1.165, 1.54) is 11.8 Å². The molecule has 0 saturated carbocycles. The molecule has 120 valence electrons. The maximum atomic E-state index is 11.9. The fourth-order valence-electron chi connectivity index (χ4n) is 2.61. The first-order valence-corrected chi connectivity index (χ1v) is 8.55. The highest BCUT2D eigenvalue weighted by atomic mass is 32.2. The Morgan fingerprint density at radius 2 is 2.29 bits per heavy atom. The Bertz CT molecular complexity index is 378. The molecule has 2 amide bonds. The molecule has 2 aliphatic heterocycles. The fraction of sp³-hybridized carbons (Fsp3) is 0.857. The van der Waals surface area contributed by atoms with Gasteiger partial charge < -0.3 is 15.0 Å². The zero-order chi connectivity index (χ0) is 15.2. The van der Waals surface area contributed by atoms with Crippen LogP contribution >= 0.6 is 11.8 Å². The monoisotopic (exact) mass is 315 g/mol. The van der Waals surface area contributed by atoms with Gasteiger partial charge in [0.1, 0.15) is 6.54 Å². The minimum absolute atomic E-state index is 0.00201. The Kier molecular flexibility index (Phi) is 6.32. The zero-order valence-electron chi connectivity index (χ0n) is 12.8. The van der Waals surface area contributed by atoms with Gasteiger partial charge >= 0.3 is 0 Å². The molecule has 2 heterocycles. The maximum absolute atomic E-state index is 11.9. The number of morpholine rings is 1. The molecule has 1 N–H and O–H groups in total.